The molecular formula is C28H33N3O4. The summed E-state index contributed by atoms with van der Waals surface area (Å²) in [4.78, 5) is 14.9. The van der Waals surface area contributed by atoms with E-state index in [1.165, 1.54) is 12.1 Å². The zero-order valence-electron chi connectivity index (χ0n) is 20.8. The van der Waals surface area contributed by atoms with Gasteiger partial charge in [0.25, 0.3) is 5.69 Å². The first-order valence-electron chi connectivity index (χ1n) is 11.5. The number of non-ortho nitro benzene ring substituents is 1. The van der Waals surface area contributed by atoms with E-state index in [1.54, 1.807) is 12.1 Å². The van der Waals surface area contributed by atoms with Gasteiger partial charge in [-0.25, -0.2) is 0 Å². The maximum absolute atomic E-state index is 11.2. The first kappa shape index (κ1) is 25.9. The van der Waals surface area contributed by atoms with Crippen LogP contribution in [0, 0.1) is 10.1 Å². The van der Waals surface area contributed by atoms with Crippen molar-refractivity contribution in [2.75, 3.05) is 54.5 Å². The molecule has 0 aliphatic heterocycles. The fraction of sp³-hybridized carbons (Fsp3) is 0.286. The maximum Gasteiger partial charge on any atom is 0.269 e. The fourth-order valence-corrected chi connectivity index (χ4v) is 3.40. The number of benzene rings is 3. The Morgan fingerprint density at radius 1 is 0.800 bits per heavy atom. The lowest BCUT2D eigenvalue weighted by molar-refractivity contribution is -0.384. The molecule has 0 atom stereocenters. The highest BCUT2D eigenvalue weighted by Gasteiger charge is 2.11. The van der Waals surface area contributed by atoms with Crippen molar-refractivity contribution in [1.82, 2.24) is 9.80 Å². The summed E-state index contributed by atoms with van der Waals surface area (Å²) < 4.78 is 11.9. The summed E-state index contributed by atoms with van der Waals surface area (Å²) in [6.07, 6.45) is 2.07. The largest absolute Gasteiger partial charge is 0.492 e. The number of nitro benzene ring substituents is 1. The Morgan fingerprint density at radius 3 is 1.94 bits per heavy atom. The topological polar surface area (TPSA) is 68.1 Å². The molecule has 184 valence electrons. The molecule has 0 aromatic heterocycles. The van der Waals surface area contributed by atoms with Crippen LogP contribution in [0.1, 0.15) is 16.7 Å². The molecule has 0 aliphatic carbocycles. The van der Waals surface area contributed by atoms with Gasteiger partial charge in [-0.1, -0.05) is 24.3 Å². The molecule has 0 spiro atoms. The average Bonchev–Trinajstić information content (AvgIpc) is 2.83. The molecule has 0 heterocycles. The zero-order chi connectivity index (χ0) is 25.2. The van der Waals surface area contributed by atoms with Crippen molar-refractivity contribution < 1.29 is 14.4 Å². The molecule has 3 aromatic rings. The van der Waals surface area contributed by atoms with Gasteiger partial charge in [0, 0.05) is 25.2 Å². The molecule has 0 unspecified atom stereocenters. The second-order valence-corrected chi connectivity index (χ2v) is 8.77. The van der Waals surface area contributed by atoms with Gasteiger partial charge in [0.1, 0.15) is 24.7 Å². The lowest BCUT2D eigenvalue weighted by atomic mass is 9.95. The van der Waals surface area contributed by atoms with Gasteiger partial charge >= 0.3 is 0 Å². The predicted octanol–water partition coefficient (Wildman–Crippen LogP) is 5.06. The van der Waals surface area contributed by atoms with Gasteiger partial charge in [-0.05, 0) is 92.9 Å². The van der Waals surface area contributed by atoms with Crippen LogP contribution in [0.3, 0.4) is 0 Å². The van der Waals surface area contributed by atoms with Crippen LogP contribution in [0.4, 0.5) is 5.69 Å². The molecule has 0 amide bonds. The Morgan fingerprint density at radius 2 is 1.37 bits per heavy atom. The second kappa shape index (κ2) is 12.7. The van der Waals surface area contributed by atoms with Crippen LogP contribution >= 0.6 is 0 Å². The number of rotatable bonds is 12. The summed E-state index contributed by atoms with van der Waals surface area (Å²) in [5, 5.41) is 11.2. The molecule has 7 nitrogen and oxygen atoms in total. The molecule has 0 saturated heterocycles. The highest BCUT2D eigenvalue weighted by molar-refractivity contribution is 5.92. The molecule has 0 N–H and O–H groups in total. The Bertz CT molecular complexity index is 1140. The molecule has 0 fully saturated rings. The van der Waals surface area contributed by atoms with E-state index in [4.69, 9.17) is 9.47 Å². The first-order valence-corrected chi connectivity index (χ1v) is 11.5. The number of likely N-dealkylation sites (N-methyl/N-ethyl adjacent to an activating group) is 2. The quantitative estimate of drug-likeness (QED) is 0.207. The van der Waals surface area contributed by atoms with Crippen molar-refractivity contribution in [3.8, 4) is 11.5 Å². The van der Waals surface area contributed by atoms with E-state index in [-0.39, 0.29) is 10.6 Å². The highest BCUT2D eigenvalue weighted by Crippen LogP contribution is 2.30. The molecule has 0 aliphatic rings. The van der Waals surface area contributed by atoms with Crippen LogP contribution in [0.2, 0.25) is 0 Å². The molecular weight excluding hydrogens is 442 g/mol. The lowest BCUT2D eigenvalue weighted by Crippen LogP contribution is -2.19. The molecule has 35 heavy (non-hydrogen) atoms. The number of hydrogen-bond donors (Lipinski definition) is 0. The number of ether oxygens (including phenoxy) is 2. The summed E-state index contributed by atoms with van der Waals surface area (Å²) in [7, 11) is 8.04. The van der Waals surface area contributed by atoms with Crippen molar-refractivity contribution in [3.63, 3.8) is 0 Å². The molecule has 3 aromatic carbocycles. The Kier molecular flexibility index (Phi) is 9.40. The van der Waals surface area contributed by atoms with Crippen LogP contribution in [0.5, 0.6) is 11.5 Å². The maximum atomic E-state index is 11.2. The predicted molar refractivity (Wildman–Crippen MR) is 141 cm³/mol. The van der Waals surface area contributed by atoms with Gasteiger partial charge < -0.3 is 19.3 Å². The van der Waals surface area contributed by atoms with Crippen LogP contribution in [-0.4, -0.2) is 69.2 Å². The third-order valence-electron chi connectivity index (χ3n) is 5.32. The molecule has 0 radical (unpaired) electrons. The molecule has 3 rings (SSSR count). The fourth-order valence-electron chi connectivity index (χ4n) is 3.40. The van der Waals surface area contributed by atoms with Crippen LogP contribution in [0.15, 0.2) is 72.8 Å². The molecule has 0 bridgehead atoms. The van der Waals surface area contributed by atoms with Crippen LogP contribution in [-0.2, 0) is 0 Å². The Labute approximate surface area is 207 Å². The third kappa shape index (κ3) is 8.24. The van der Waals surface area contributed by atoms with E-state index in [9.17, 15) is 10.1 Å². The Hall–Kier alpha value is -3.68. The lowest BCUT2D eigenvalue weighted by Gasteiger charge is -2.14. The summed E-state index contributed by atoms with van der Waals surface area (Å²) in [6.45, 7) is 2.83. The average molecular weight is 476 g/mol. The summed E-state index contributed by atoms with van der Waals surface area (Å²) in [5.74, 6) is 1.57. The van der Waals surface area contributed by atoms with Crippen molar-refractivity contribution in [3.05, 3.63) is 99.6 Å². The minimum Gasteiger partial charge on any atom is -0.492 e. The van der Waals surface area contributed by atoms with Gasteiger partial charge in [-0.3, -0.25) is 10.1 Å². The third-order valence-corrected chi connectivity index (χ3v) is 5.32. The highest BCUT2D eigenvalue weighted by atomic mass is 16.6. The van der Waals surface area contributed by atoms with E-state index in [0.29, 0.717) is 13.2 Å². The second-order valence-electron chi connectivity index (χ2n) is 8.77. The van der Waals surface area contributed by atoms with Gasteiger partial charge in [0.05, 0.1) is 4.92 Å². The van der Waals surface area contributed by atoms with Crippen LogP contribution < -0.4 is 9.47 Å². The van der Waals surface area contributed by atoms with Crippen molar-refractivity contribution in [1.29, 1.82) is 0 Å². The normalized spacial score (nSPS) is 11.7. The SMILES string of the molecule is CN(C)CCOc1cccc(/C=C(/c2ccc([N+](=O)[O-])cc2)c2cccc(OCCN(C)C)c2)c1. The number of nitro groups is 1. The minimum absolute atomic E-state index is 0.0603. The molecule has 7 heteroatoms. The van der Waals surface area contributed by atoms with Gasteiger partial charge in [-0.15, -0.1) is 0 Å². The van der Waals surface area contributed by atoms with E-state index < -0.39 is 0 Å². The summed E-state index contributed by atoms with van der Waals surface area (Å²) in [5.41, 5.74) is 3.80. The van der Waals surface area contributed by atoms with E-state index >= 15 is 0 Å². The van der Waals surface area contributed by atoms with Gasteiger partial charge in [-0.2, -0.15) is 0 Å². The van der Waals surface area contributed by atoms with Gasteiger partial charge in [0.15, 0.2) is 0 Å². The zero-order valence-corrected chi connectivity index (χ0v) is 20.8. The Balaban J connectivity index is 1.95. The number of nitrogens with zero attached hydrogens (tertiary/aromatic N) is 3. The smallest absolute Gasteiger partial charge is 0.269 e. The van der Waals surface area contributed by atoms with Crippen molar-refractivity contribution in [2.45, 2.75) is 0 Å². The minimum atomic E-state index is -0.388. The number of hydrogen-bond acceptors (Lipinski definition) is 6. The van der Waals surface area contributed by atoms with Crippen molar-refractivity contribution in [2.24, 2.45) is 0 Å². The van der Waals surface area contributed by atoms with E-state index in [2.05, 4.69) is 15.9 Å². The van der Waals surface area contributed by atoms with Gasteiger partial charge in [0.2, 0.25) is 0 Å². The standard InChI is InChI=1S/C28H33N3O4/c1-29(2)15-17-34-26-9-5-7-22(19-26)20-28(23-11-13-25(14-12-23)31(32)33)24-8-6-10-27(21-24)35-18-16-30(3)4/h5-14,19-21H,15-18H2,1-4H3/b28-20-. The van der Waals surface area contributed by atoms with Crippen LogP contribution in [0.25, 0.3) is 11.6 Å². The first-order chi connectivity index (χ1) is 16.8. The monoisotopic (exact) mass is 475 g/mol. The van der Waals surface area contributed by atoms with E-state index in [0.717, 1.165) is 46.9 Å². The van der Waals surface area contributed by atoms with Crippen molar-refractivity contribution >= 4 is 17.3 Å². The molecule has 0 saturated carbocycles. The summed E-state index contributed by atoms with van der Waals surface area (Å²) >= 11 is 0. The van der Waals surface area contributed by atoms with E-state index in [1.807, 2.05) is 76.7 Å². The summed E-state index contributed by atoms with van der Waals surface area (Å²) in [6, 6.07) is 22.4.